The molecular weight excluding hydrogens is 755 g/mol. The van der Waals surface area contributed by atoms with E-state index in [0.29, 0.717) is 52.3 Å². The summed E-state index contributed by atoms with van der Waals surface area (Å²) in [4.78, 5) is 35.1. The van der Waals surface area contributed by atoms with Gasteiger partial charge in [0, 0.05) is 72.4 Å². The summed E-state index contributed by atoms with van der Waals surface area (Å²) in [6.07, 6.45) is -3.61. The second-order valence-electron chi connectivity index (χ2n) is 14.2. The molecule has 2 aliphatic heterocycles. The predicted octanol–water partition coefficient (Wildman–Crippen LogP) is 5.13. The largest absolute Gasteiger partial charge is 0.490 e. The number of carbonyl (C=O) groups is 2. The molecule has 2 aromatic carbocycles. The number of nitrogens with one attached hydrogen (secondary N) is 2. The van der Waals surface area contributed by atoms with Crippen LogP contribution in [0, 0.1) is 5.92 Å². The molecule has 0 radical (unpaired) electrons. The number of furan rings is 2. The molecule has 16 heteroatoms. The van der Waals surface area contributed by atoms with E-state index in [9.17, 15) is 33.0 Å². The number of halogens is 4. The van der Waals surface area contributed by atoms with Gasteiger partial charge in [0.2, 0.25) is 11.8 Å². The normalized spacial score (nSPS) is 20.2. The number of aromatic nitrogens is 1. The highest BCUT2D eigenvalue weighted by Gasteiger charge is 2.38. The number of rotatable bonds is 13. The lowest BCUT2D eigenvalue weighted by Gasteiger charge is -2.41. The van der Waals surface area contributed by atoms with Gasteiger partial charge in [-0.15, -0.1) is 0 Å². The SMILES string of the molecule is O=C(N[C@H]1c2ccccc2OC[C@H]1O)[C@H](Cc1cc2cnccc2o1)C[C@H](O)CN1CCN(Cc2ccc(-c3ccc(Cl)cc3)o2)C[C@H]1C(=O)NCC(F)(F)F. The van der Waals surface area contributed by atoms with E-state index >= 15 is 0 Å². The lowest BCUT2D eigenvalue weighted by molar-refractivity contribution is -0.143. The number of piperazine rings is 1. The van der Waals surface area contributed by atoms with Crippen molar-refractivity contribution in [3.05, 3.63) is 107 Å². The van der Waals surface area contributed by atoms with Crippen LogP contribution in [0.5, 0.6) is 5.75 Å². The van der Waals surface area contributed by atoms with E-state index in [4.69, 9.17) is 25.2 Å². The number of benzene rings is 2. The predicted molar refractivity (Wildman–Crippen MR) is 200 cm³/mol. The van der Waals surface area contributed by atoms with E-state index in [1.54, 1.807) is 71.9 Å². The Bertz CT molecular complexity index is 2090. The van der Waals surface area contributed by atoms with Crippen molar-refractivity contribution in [2.45, 2.75) is 49.9 Å². The summed E-state index contributed by atoms with van der Waals surface area (Å²) in [7, 11) is 0. The third kappa shape index (κ3) is 9.71. The van der Waals surface area contributed by atoms with Crippen molar-refractivity contribution in [3.8, 4) is 17.1 Å². The summed E-state index contributed by atoms with van der Waals surface area (Å²) < 4.78 is 57.3. The fourth-order valence-electron chi connectivity index (χ4n) is 7.28. The van der Waals surface area contributed by atoms with Crippen molar-refractivity contribution in [2.24, 2.45) is 5.92 Å². The number of nitrogens with zero attached hydrogens (tertiary/aromatic N) is 3. The number of alkyl halides is 3. The Morgan fingerprint density at radius 1 is 1.02 bits per heavy atom. The molecule has 12 nitrogen and oxygen atoms in total. The highest BCUT2D eigenvalue weighted by Crippen LogP contribution is 2.33. The molecule has 56 heavy (non-hydrogen) atoms. The van der Waals surface area contributed by atoms with Crippen molar-refractivity contribution < 1.29 is 46.5 Å². The van der Waals surface area contributed by atoms with Gasteiger partial charge < -0.3 is 34.4 Å². The average Bonchev–Trinajstić information content (AvgIpc) is 3.82. The van der Waals surface area contributed by atoms with Crippen LogP contribution in [0.25, 0.3) is 22.3 Å². The molecule has 2 aliphatic rings. The number of ether oxygens (including phenoxy) is 1. The lowest BCUT2D eigenvalue weighted by atomic mass is 9.92. The fraction of sp³-hybridized carbons (Fsp3) is 0.375. The van der Waals surface area contributed by atoms with E-state index in [1.807, 2.05) is 28.4 Å². The number of para-hydroxylation sites is 1. The van der Waals surface area contributed by atoms with E-state index in [2.05, 4.69) is 10.3 Å². The summed E-state index contributed by atoms with van der Waals surface area (Å²) in [5.41, 5.74) is 2.00. The number of aliphatic hydroxyl groups excluding tert-OH is 2. The summed E-state index contributed by atoms with van der Waals surface area (Å²) >= 11 is 6.02. The zero-order valence-corrected chi connectivity index (χ0v) is 30.9. The van der Waals surface area contributed by atoms with Crippen LogP contribution in [0.3, 0.4) is 0 Å². The molecular formula is C40H41ClF3N5O7. The minimum absolute atomic E-state index is 0.0287. The first-order chi connectivity index (χ1) is 26.9. The number of aliphatic hydroxyl groups is 2. The first-order valence-electron chi connectivity index (χ1n) is 18.2. The lowest BCUT2D eigenvalue weighted by Crippen LogP contribution is -2.60. The molecule has 1 fully saturated rings. The van der Waals surface area contributed by atoms with Gasteiger partial charge in [-0.05, 0) is 61.0 Å². The Hall–Kier alpha value is -4.93. The molecule has 1 saturated heterocycles. The van der Waals surface area contributed by atoms with Gasteiger partial charge in [-0.2, -0.15) is 13.2 Å². The highest BCUT2D eigenvalue weighted by atomic mass is 35.5. The zero-order valence-electron chi connectivity index (χ0n) is 30.1. The maximum absolute atomic E-state index is 14.1. The van der Waals surface area contributed by atoms with Crippen LogP contribution in [-0.2, 0) is 22.6 Å². The standard InChI is InChI=1S/C40H41ClF3N5O7/c41-27-7-5-24(6-8-27)34-10-9-29(55-34)20-48-13-14-49(32(21-48)39(53)46-23-40(42,43)44)19-28(50)15-25(16-30-17-26-18-45-12-11-35(26)56-30)38(52)47-37-31-3-1-2-4-36(31)54-22-33(37)51/h1-12,17-18,25,28,32-33,37,50-51H,13-16,19-23H2,(H,46,53)(H,47,52)/t25-,28-,32-,33+,37-/m0/s1. The van der Waals surface area contributed by atoms with E-state index in [1.165, 1.54) is 0 Å². The first-order valence-corrected chi connectivity index (χ1v) is 18.6. The molecule has 0 spiro atoms. The fourth-order valence-corrected chi connectivity index (χ4v) is 7.40. The number of fused-ring (bicyclic) bond motifs is 2. The topological polar surface area (TPSA) is 154 Å². The molecule has 7 rings (SSSR count). The van der Waals surface area contributed by atoms with Crippen molar-refractivity contribution in [2.75, 3.05) is 39.3 Å². The molecule has 0 saturated carbocycles. The van der Waals surface area contributed by atoms with Gasteiger partial charge >= 0.3 is 6.18 Å². The van der Waals surface area contributed by atoms with E-state index in [0.717, 1.165) is 10.9 Å². The Balaban J connectivity index is 1.06. The molecule has 5 aromatic rings. The third-order valence-corrected chi connectivity index (χ3v) is 10.3. The number of β-amino-alcohol motifs (C(OH)–C–C–N with tert-alkyl or cyclic N) is 1. The van der Waals surface area contributed by atoms with Gasteiger partial charge in [0.25, 0.3) is 0 Å². The van der Waals surface area contributed by atoms with Crippen molar-refractivity contribution in [1.29, 1.82) is 0 Å². The Labute approximate surface area is 325 Å². The quantitative estimate of drug-likeness (QED) is 0.126. The Kier molecular flexibility index (Phi) is 12.0. The number of pyridine rings is 1. The highest BCUT2D eigenvalue weighted by molar-refractivity contribution is 6.30. The molecule has 296 valence electrons. The van der Waals surface area contributed by atoms with Gasteiger partial charge in [0.15, 0.2) is 0 Å². The van der Waals surface area contributed by atoms with Crippen LogP contribution in [0.4, 0.5) is 13.2 Å². The van der Waals surface area contributed by atoms with Crippen LogP contribution < -0.4 is 15.4 Å². The van der Waals surface area contributed by atoms with Crippen LogP contribution in [0.2, 0.25) is 5.02 Å². The molecule has 4 N–H and O–H groups in total. The van der Waals surface area contributed by atoms with Crippen molar-refractivity contribution >= 4 is 34.4 Å². The summed E-state index contributed by atoms with van der Waals surface area (Å²) in [6.45, 7) is -0.614. The summed E-state index contributed by atoms with van der Waals surface area (Å²) in [5.74, 6) is 0.0722. The number of hydrogen-bond donors (Lipinski definition) is 4. The first kappa shape index (κ1) is 39.3. The van der Waals surface area contributed by atoms with Crippen molar-refractivity contribution in [1.82, 2.24) is 25.4 Å². The van der Waals surface area contributed by atoms with Gasteiger partial charge in [-0.25, -0.2) is 0 Å². The molecule has 5 atom stereocenters. The second kappa shape index (κ2) is 17.1. The van der Waals surface area contributed by atoms with E-state index < -0.39 is 54.7 Å². The average molecular weight is 796 g/mol. The molecule has 0 bridgehead atoms. The Morgan fingerprint density at radius 3 is 2.61 bits per heavy atom. The van der Waals surface area contributed by atoms with Gasteiger partial charge in [0.05, 0.1) is 18.7 Å². The van der Waals surface area contributed by atoms with Gasteiger partial charge in [-0.1, -0.05) is 29.8 Å². The zero-order chi connectivity index (χ0) is 39.4. The van der Waals surface area contributed by atoms with Gasteiger partial charge in [0.1, 0.15) is 53.9 Å². The molecule has 0 aliphatic carbocycles. The number of amides is 2. The smallest absolute Gasteiger partial charge is 0.405 e. The van der Waals surface area contributed by atoms with Gasteiger partial charge in [-0.3, -0.25) is 24.4 Å². The summed E-state index contributed by atoms with van der Waals surface area (Å²) in [6, 6.07) is 19.5. The van der Waals surface area contributed by atoms with E-state index in [-0.39, 0.29) is 39.1 Å². The minimum Gasteiger partial charge on any atom is -0.490 e. The Morgan fingerprint density at radius 2 is 1.82 bits per heavy atom. The maximum atomic E-state index is 14.1. The van der Waals surface area contributed by atoms with Crippen LogP contribution in [0.1, 0.15) is 29.5 Å². The van der Waals surface area contributed by atoms with Crippen molar-refractivity contribution in [3.63, 3.8) is 0 Å². The molecule has 5 heterocycles. The maximum Gasteiger partial charge on any atom is 0.405 e. The van der Waals surface area contributed by atoms with Crippen LogP contribution in [-0.4, -0.2) is 101 Å². The molecule has 0 unspecified atom stereocenters. The van der Waals surface area contributed by atoms with Crippen LogP contribution >= 0.6 is 11.6 Å². The minimum atomic E-state index is -4.62. The molecule has 3 aromatic heterocycles. The third-order valence-electron chi connectivity index (χ3n) is 10.0. The number of hydrogen-bond acceptors (Lipinski definition) is 10. The number of carbonyl (C=O) groups excluding carboxylic acids is 2. The second-order valence-corrected chi connectivity index (χ2v) is 14.6. The summed E-state index contributed by atoms with van der Waals surface area (Å²) in [5, 5.41) is 28.7. The molecule has 2 amide bonds. The monoisotopic (exact) mass is 795 g/mol. The van der Waals surface area contributed by atoms with Crippen LogP contribution in [0.15, 0.2) is 94.0 Å².